The van der Waals surface area contributed by atoms with Crippen molar-refractivity contribution < 1.29 is 4.39 Å². The molecule has 0 spiro atoms. The molecule has 2 nitrogen and oxygen atoms in total. The van der Waals surface area contributed by atoms with Crippen molar-refractivity contribution in [1.82, 2.24) is 0 Å². The molecule has 0 unspecified atom stereocenters. The average Bonchev–Trinajstić information content (AvgIpc) is 2.13. The van der Waals surface area contributed by atoms with Crippen LogP contribution in [0.15, 0.2) is 18.2 Å². The minimum absolute atomic E-state index is 0.210. The molecule has 3 heteroatoms. The van der Waals surface area contributed by atoms with Crippen molar-refractivity contribution in [2.75, 3.05) is 23.7 Å². The highest BCUT2D eigenvalue weighted by atomic mass is 19.1. The Bertz CT molecular complexity index is 282. The molecule has 2 N–H and O–H groups in total. The average molecular weight is 182 g/mol. The first-order valence-electron chi connectivity index (χ1n) is 4.49. The lowest BCUT2D eigenvalue weighted by Crippen LogP contribution is -2.23. The summed E-state index contributed by atoms with van der Waals surface area (Å²) in [6.07, 6.45) is 0. The second-order valence-electron chi connectivity index (χ2n) is 2.88. The lowest BCUT2D eigenvalue weighted by atomic mass is 10.2. The number of rotatable bonds is 3. The number of benzene rings is 1. The molecule has 0 aliphatic carbocycles. The van der Waals surface area contributed by atoms with Gasteiger partial charge >= 0.3 is 0 Å². The molecule has 13 heavy (non-hydrogen) atoms. The maximum atomic E-state index is 13.3. The number of halogens is 1. The molecule has 0 aliphatic rings. The topological polar surface area (TPSA) is 29.3 Å². The molecule has 0 amide bonds. The number of nitrogen functional groups attached to an aromatic ring is 1. The van der Waals surface area contributed by atoms with E-state index < -0.39 is 0 Å². The van der Waals surface area contributed by atoms with Gasteiger partial charge in [0.05, 0.1) is 5.69 Å². The fraction of sp³-hybridized carbons (Fsp3) is 0.400. The van der Waals surface area contributed by atoms with Gasteiger partial charge in [0, 0.05) is 18.8 Å². The van der Waals surface area contributed by atoms with Crippen molar-refractivity contribution in [3.63, 3.8) is 0 Å². The maximum Gasteiger partial charge on any atom is 0.146 e. The Kier molecular flexibility index (Phi) is 3.12. The summed E-state index contributed by atoms with van der Waals surface area (Å²) in [7, 11) is 0. The van der Waals surface area contributed by atoms with Gasteiger partial charge in [-0.3, -0.25) is 0 Å². The lowest BCUT2D eigenvalue weighted by Gasteiger charge is -2.21. The molecular formula is C10H15FN2. The number of nitrogens with zero attached hydrogens (tertiary/aromatic N) is 1. The second kappa shape index (κ2) is 4.12. The van der Waals surface area contributed by atoms with E-state index in [4.69, 9.17) is 5.73 Å². The molecule has 0 saturated carbocycles. The van der Waals surface area contributed by atoms with Gasteiger partial charge in [-0.25, -0.2) is 4.39 Å². The molecule has 1 rings (SSSR count). The molecule has 0 fully saturated rings. The van der Waals surface area contributed by atoms with Crippen molar-refractivity contribution in [2.45, 2.75) is 13.8 Å². The highest BCUT2D eigenvalue weighted by Gasteiger charge is 2.07. The Morgan fingerprint density at radius 2 is 1.92 bits per heavy atom. The van der Waals surface area contributed by atoms with Crippen LogP contribution in [0.25, 0.3) is 0 Å². The Morgan fingerprint density at radius 1 is 1.31 bits per heavy atom. The van der Waals surface area contributed by atoms with Crippen molar-refractivity contribution in [3.8, 4) is 0 Å². The Morgan fingerprint density at radius 3 is 2.46 bits per heavy atom. The van der Waals surface area contributed by atoms with Gasteiger partial charge in [0.1, 0.15) is 5.82 Å². The van der Waals surface area contributed by atoms with Crippen LogP contribution in [0.5, 0.6) is 0 Å². The minimum atomic E-state index is -0.210. The summed E-state index contributed by atoms with van der Waals surface area (Å²) in [5, 5.41) is 0. The Hall–Kier alpha value is -1.25. The predicted molar refractivity (Wildman–Crippen MR) is 54.4 cm³/mol. The van der Waals surface area contributed by atoms with Crippen LogP contribution in [0.4, 0.5) is 15.8 Å². The summed E-state index contributed by atoms with van der Waals surface area (Å²) in [5.74, 6) is -0.210. The van der Waals surface area contributed by atoms with Gasteiger partial charge in [-0.15, -0.1) is 0 Å². The van der Waals surface area contributed by atoms with E-state index in [1.54, 1.807) is 12.1 Å². The van der Waals surface area contributed by atoms with Crippen LogP contribution in [0, 0.1) is 5.82 Å². The van der Waals surface area contributed by atoms with E-state index in [1.807, 2.05) is 18.7 Å². The van der Waals surface area contributed by atoms with E-state index in [1.165, 1.54) is 6.07 Å². The zero-order chi connectivity index (χ0) is 9.84. The molecule has 1 aromatic rings. The first kappa shape index (κ1) is 9.84. The fourth-order valence-corrected chi connectivity index (χ4v) is 1.34. The van der Waals surface area contributed by atoms with Gasteiger partial charge in [-0.2, -0.15) is 0 Å². The second-order valence-corrected chi connectivity index (χ2v) is 2.88. The SMILES string of the molecule is CCN(CC)c1cc(N)ccc1F. The summed E-state index contributed by atoms with van der Waals surface area (Å²) in [5.41, 5.74) is 6.77. The van der Waals surface area contributed by atoms with Gasteiger partial charge < -0.3 is 10.6 Å². The summed E-state index contributed by atoms with van der Waals surface area (Å²) in [4.78, 5) is 1.94. The number of anilines is 2. The van der Waals surface area contributed by atoms with Crippen molar-refractivity contribution in [1.29, 1.82) is 0 Å². The molecule has 0 atom stereocenters. The summed E-state index contributed by atoms with van der Waals surface area (Å²) < 4.78 is 13.3. The summed E-state index contributed by atoms with van der Waals surface area (Å²) >= 11 is 0. The number of hydrogen-bond acceptors (Lipinski definition) is 2. The molecule has 72 valence electrons. The maximum absolute atomic E-state index is 13.3. The molecule has 0 heterocycles. The van der Waals surface area contributed by atoms with Gasteiger partial charge in [0.15, 0.2) is 0 Å². The smallest absolute Gasteiger partial charge is 0.146 e. The monoisotopic (exact) mass is 182 g/mol. The molecule has 0 radical (unpaired) electrons. The van der Waals surface area contributed by atoms with Crippen molar-refractivity contribution in [3.05, 3.63) is 24.0 Å². The van der Waals surface area contributed by atoms with Crippen LogP contribution in [0.2, 0.25) is 0 Å². The van der Waals surface area contributed by atoms with Crippen LogP contribution in [-0.2, 0) is 0 Å². The van der Waals surface area contributed by atoms with Crippen LogP contribution < -0.4 is 10.6 Å². The highest BCUT2D eigenvalue weighted by molar-refractivity contribution is 5.56. The first-order chi connectivity index (χ1) is 6.19. The zero-order valence-corrected chi connectivity index (χ0v) is 8.05. The first-order valence-corrected chi connectivity index (χ1v) is 4.49. The quantitative estimate of drug-likeness (QED) is 0.726. The third-order valence-corrected chi connectivity index (χ3v) is 2.07. The van der Waals surface area contributed by atoms with Gasteiger partial charge in [0.25, 0.3) is 0 Å². The summed E-state index contributed by atoms with van der Waals surface area (Å²) in [6, 6.07) is 4.65. The van der Waals surface area contributed by atoms with Crippen LogP contribution in [0.1, 0.15) is 13.8 Å². The molecule has 0 saturated heterocycles. The largest absolute Gasteiger partial charge is 0.399 e. The molecular weight excluding hydrogens is 167 g/mol. The van der Waals surface area contributed by atoms with Crippen LogP contribution in [-0.4, -0.2) is 13.1 Å². The normalized spacial score (nSPS) is 10.1. The van der Waals surface area contributed by atoms with Crippen LogP contribution >= 0.6 is 0 Å². The number of hydrogen-bond donors (Lipinski definition) is 1. The van der Waals surface area contributed by atoms with E-state index in [-0.39, 0.29) is 5.82 Å². The Balaban J connectivity index is 3.03. The molecule has 1 aromatic carbocycles. The van der Waals surface area contributed by atoms with E-state index in [9.17, 15) is 4.39 Å². The minimum Gasteiger partial charge on any atom is -0.399 e. The lowest BCUT2D eigenvalue weighted by molar-refractivity contribution is 0.620. The molecule has 0 bridgehead atoms. The fourth-order valence-electron chi connectivity index (χ4n) is 1.34. The molecule has 0 aliphatic heterocycles. The van der Waals surface area contributed by atoms with Crippen molar-refractivity contribution in [2.24, 2.45) is 0 Å². The third-order valence-electron chi connectivity index (χ3n) is 2.07. The van der Waals surface area contributed by atoms with E-state index in [0.29, 0.717) is 11.4 Å². The van der Waals surface area contributed by atoms with E-state index in [0.717, 1.165) is 13.1 Å². The predicted octanol–water partition coefficient (Wildman–Crippen LogP) is 2.25. The van der Waals surface area contributed by atoms with Gasteiger partial charge in [-0.05, 0) is 32.0 Å². The summed E-state index contributed by atoms with van der Waals surface area (Å²) in [6.45, 7) is 5.56. The van der Waals surface area contributed by atoms with Gasteiger partial charge in [0.2, 0.25) is 0 Å². The Labute approximate surface area is 78.2 Å². The molecule has 0 aromatic heterocycles. The van der Waals surface area contributed by atoms with Crippen LogP contribution in [0.3, 0.4) is 0 Å². The van der Waals surface area contributed by atoms with Crippen molar-refractivity contribution >= 4 is 11.4 Å². The van der Waals surface area contributed by atoms with E-state index in [2.05, 4.69) is 0 Å². The van der Waals surface area contributed by atoms with E-state index >= 15 is 0 Å². The number of nitrogens with two attached hydrogens (primary N) is 1. The highest BCUT2D eigenvalue weighted by Crippen LogP contribution is 2.21. The van der Waals surface area contributed by atoms with Gasteiger partial charge in [-0.1, -0.05) is 0 Å². The standard InChI is InChI=1S/C10H15FN2/c1-3-13(4-2)10-7-8(12)5-6-9(10)11/h5-7H,3-4,12H2,1-2H3. The third kappa shape index (κ3) is 2.11. The zero-order valence-electron chi connectivity index (χ0n) is 8.05.